The van der Waals surface area contributed by atoms with E-state index in [1.54, 1.807) is 24.3 Å². The van der Waals surface area contributed by atoms with Crippen molar-refractivity contribution in [1.29, 1.82) is 0 Å². The minimum Gasteiger partial charge on any atom is -0.398 e. The predicted octanol–water partition coefficient (Wildman–Crippen LogP) is 3.47. The van der Waals surface area contributed by atoms with Crippen LogP contribution in [0.15, 0.2) is 40.9 Å². The van der Waals surface area contributed by atoms with Gasteiger partial charge < -0.3 is 5.73 Å². The molecule has 0 amide bonds. The van der Waals surface area contributed by atoms with Gasteiger partial charge in [0, 0.05) is 10.0 Å². The van der Waals surface area contributed by atoms with Crippen LogP contribution >= 0.6 is 27.5 Å². The molecule has 2 aromatic carbocycles. The molecule has 8 heteroatoms. The Bertz CT molecular complexity index is 820. The molecule has 0 aliphatic carbocycles. The van der Waals surface area contributed by atoms with E-state index >= 15 is 0 Å². The summed E-state index contributed by atoms with van der Waals surface area (Å²) in [7, 11) is 0. The molecule has 0 fully saturated rings. The van der Waals surface area contributed by atoms with E-state index < -0.39 is 0 Å². The van der Waals surface area contributed by atoms with Crippen molar-refractivity contribution in [2.75, 3.05) is 5.73 Å². The summed E-state index contributed by atoms with van der Waals surface area (Å²) in [5.74, 6) is 0.127. The van der Waals surface area contributed by atoms with Gasteiger partial charge in [-0.15, -0.1) is 5.10 Å². The van der Waals surface area contributed by atoms with Gasteiger partial charge in [0.15, 0.2) is 5.82 Å². The predicted molar refractivity (Wildman–Crippen MR) is 81.7 cm³/mol. The Balaban J connectivity index is 2.14. The Morgan fingerprint density at radius 1 is 1.19 bits per heavy atom. The monoisotopic (exact) mass is 367 g/mol. The molecule has 106 valence electrons. The Hall–Kier alpha value is -1.99. The number of tetrazole rings is 1. The lowest BCUT2D eigenvalue weighted by atomic mass is 10.2. The van der Waals surface area contributed by atoms with E-state index in [1.807, 2.05) is 0 Å². The molecule has 0 atom stereocenters. The first kappa shape index (κ1) is 14.0. The smallest absolute Gasteiger partial charge is 0.187 e. The molecule has 0 spiro atoms. The van der Waals surface area contributed by atoms with E-state index in [9.17, 15) is 4.39 Å². The van der Waals surface area contributed by atoms with Gasteiger partial charge in [-0.25, -0.2) is 4.39 Å². The summed E-state index contributed by atoms with van der Waals surface area (Å²) in [6, 6.07) is 9.38. The zero-order chi connectivity index (χ0) is 15.0. The first-order valence-corrected chi connectivity index (χ1v) is 7.02. The highest BCUT2D eigenvalue weighted by Gasteiger charge is 2.14. The summed E-state index contributed by atoms with van der Waals surface area (Å²) in [5, 5.41) is 12.0. The van der Waals surface area contributed by atoms with Crippen LogP contribution in [0.1, 0.15) is 0 Å². The highest BCUT2D eigenvalue weighted by molar-refractivity contribution is 9.10. The first-order valence-electron chi connectivity index (χ1n) is 5.85. The fourth-order valence-electron chi connectivity index (χ4n) is 1.87. The molecule has 3 aromatic rings. The Kier molecular flexibility index (Phi) is 3.60. The summed E-state index contributed by atoms with van der Waals surface area (Å²) in [6.45, 7) is 0. The molecular formula is C13H8BrClFN5. The average molecular weight is 369 g/mol. The molecule has 0 aliphatic rings. The van der Waals surface area contributed by atoms with Crippen molar-refractivity contribution in [3.63, 3.8) is 0 Å². The van der Waals surface area contributed by atoms with Crippen molar-refractivity contribution in [2.24, 2.45) is 0 Å². The van der Waals surface area contributed by atoms with Gasteiger partial charge >= 0.3 is 0 Å². The topological polar surface area (TPSA) is 69.6 Å². The second-order valence-electron chi connectivity index (χ2n) is 4.25. The van der Waals surface area contributed by atoms with Crippen molar-refractivity contribution in [1.82, 2.24) is 20.2 Å². The third kappa shape index (κ3) is 2.62. The van der Waals surface area contributed by atoms with Crippen molar-refractivity contribution >= 4 is 33.2 Å². The third-order valence-corrected chi connectivity index (χ3v) is 3.84. The number of anilines is 1. The van der Waals surface area contributed by atoms with E-state index in [-0.39, 0.29) is 5.82 Å². The minimum atomic E-state index is -0.351. The van der Waals surface area contributed by atoms with Gasteiger partial charge in [0.05, 0.1) is 16.4 Å². The zero-order valence-corrected chi connectivity index (χ0v) is 12.8. The molecule has 0 saturated heterocycles. The lowest BCUT2D eigenvalue weighted by molar-refractivity contribution is 0.625. The normalized spacial score (nSPS) is 10.8. The Morgan fingerprint density at radius 2 is 2.00 bits per heavy atom. The number of nitrogen functional groups attached to an aromatic ring is 1. The van der Waals surface area contributed by atoms with Crippen LogP contribution in [0.2, 0.25) is 5.02 Å². The van der Waals surface area contributed by atoms with Crippen LogP contribution in [-0.2, 0) is 0 Å². The number of benzene rings is 2. The van der Waals surface area contributed by atoms with Crippen LogP contribution in [0.3, 0.4) is 0 Å². The van der Waals surface area contributed by atoms with Crippen LogP contribution < -0.4 is 5.73 Å². The van der Waals surface area contributed by atoms with Gasteiger partial charge in [-0.3, -0.25) is 0 Å². The molecule has 2 N–H and O–H groups in total. The number of nitrogens with zero attached hydrogens (tertiary/aromatic N) is 4. The quantitative estimate of drug-likeness (QED) is 0.703. The molecule has 0 unspecified atom stereocenters. The number of nitrogens with two attached hydrogens (primary N) is 1. The minimum absolute atomic E-state index is 0.351. The average Bonchev–Trinajstić information content (AvgIpc) is 2.91. The summed E-state index contributed by atoms with van der Waals surface area (Å²) < 4.78 is 15.2. The fourth-order valence-corrected chi connectivity index (χ4v) is 2.50. The standard InChI is InChI=1S/C13H8BrClFN5/c14-9-6-8(16)2-4-12(9)21-13(18-19-20-21)7-1-3-10(15)11(17)5-7/h1-6H,17H2. The van der Waals surface area contributed by atoms with Crippen molar-refractivity contribution < 1.29 is 4.39 Å². The maximum atomic E-state index is 13.2. The first-order chi connectivity index (χ1) is 10.1. The van der Waals surface area contributed by atoms with Gasteiger partial charge in [0.2, 0.25) is 0 Å². The zero-order valence-electron chi connectivity index (χ0n) is 10.5. The van der Waals surface area contributed by atoms with Gasteiger partial charge in [-0.2, -0.15) is 4.68 Å². The molecule has 0 aliphatic heterocycles. The summed E-state index contributed by atoms with van der Waals surface area (Å²) in [6.07, 6.45) is 0. The molecule has 5 nitrogen and oxygen atoms in total. The van der Waals surface area contributed by atoms with Gasteiger partial charge in [0.1, 0.15) is 5.82 Å². The van der Waals surface area contributed by atoms with Gasteiger partial charge in [-0.1, -0.05) is 11.6 Å². The molecule has 0 saturated carbocycles. The van der Waals surface area contributed by atoms with E-state index in [2.05, 4.69) is 31.5 Å². The van der Waals surface area contributed by atoms with E-state index in [0.29, 0.717) is 32.3 Å². The van der Waals surface area contributed by atoms with E-state index in [1.165, 1.54) is 16.8 Å². The highest BCUT2D eigenvalue weighted by Crippen LogP contribution is 2.28. The second kappa shape index (κ2) is 5.42. The summed E-state index contributed by atoms with van der Waals surface area (Å²) in [5.41, 5.74) is 7.55. The van der Waals surface area contributed by atoms with Crippen LogP contribution in [0, 0.1) is 5.82 Å². The highest BCUT2D eigenvalue weighted by atomic mass is 79.9. The molecule has 1 aromatic heterocycles. The number of aromatic nitrogens is 4. The summed E-state index contributed by atoms with van der Waals surface area (Å²) in [4.78, 5) is 0. The number of rotatable bonds is 2. The van der Waals surface area contributed by atoms with Crippen molar-refractivity contribution in [2.45, 2.75) is 0 Å². The van der Waals surface area contributed by atoms with E-state index in [4.69, 9.17) is 17.3 Å². The molecule has 1 heterocycles. The van der Waals surface area contributed by atoms with Crippen molar-refractivity contribution in [3.05, 3.63) is 51.7 Å². The number of hydrogen-bond donors (Lipinski definition) is 1. The largest absolute Gasteiger partial charge is 0.398 e. The van der Waals surface area contributed by atoms with Crippen LogP contribution in [-0.4, -0.2) is 20.2 Å². The lowest BCUT2D eigenvalue weighted by Crippen LogP contribution is -2.01. The SMILES string of the molecule is Nc1cc(-c2nnnn2-c2ccc(F)cc2Br)ccc1Cl. The number of halogens is 3. The molecule has 21 heavy (non-hydrogen) atoms. The maximum Gasteiger partial charge on any atom is 0.187 e. The molecule has 0 bridgehead atoms. The molecule has 0 radical (unpaired) electrons. The lowest BCUT2D eigenvalue weighted by Gasteiger charge is -2.08. The van der Waals surface area contributed by atoms with E-state index in [0.717, 1.165) is 0 Å². The van der Waals surface area contributed by atoms with Crippen molar-refractivity contribution in [3.8, 4) is 17.1 Å². The summed E-state index contributed by atoms with van der Waals surface area (Å²) >= 11 is 9.21. The van der Waals surface area contributed by atoms with Gasteiger partial charge in [0.25, 0.3) is 0 Å². The fraction of sp³-hybridized carbons (Fsp3) is 0. The molecule has 3 rings (SSSR count). The molecular weight excluding hydrogens is 361 g/mol. The van der Waals surface area contributed by atoms with Gasteiger partial charge in [-0.05, 0) is 62.8 Å². The second-order valence-corrected chi connectivity index (χ2v) is 5.51. The number of hydrogen-bond acceptors (Lipinski definition) is 4. The Labute approximate surface area is 132 Å². The maximum absolute atomic E-state index is 13.2. The third-order valence-electron chi connectivity index (χ3n) is 2.86. The van der Waals surface area contributed by atoms with Crippen LogP contribution in [0.4, 0.5) is 10.1 Å². The van der Waals surface area contributed by atoms with Crippen LogP contribution in [0.25, 0.3) is 17.1 Å². The Morgan fingerprint density at radius 3 is 2.71 bits per heavy atom. The van der Waals surface area contributed by atoms with Crippen LogP contribution in [0.5, 0.6) is 0 Å².